The number of aromatic amines is 1. The molecule has 2 rings (SSSR count). The van der Waals surface area contributed by atoms with Crippen molar-refractivity contribution in [2.45, 2.75) is 18.6 Å². The first-order valence-electron chi connectivity index (χ1n) is 5.99. The summed E-state index contributed by atoms with van der Waals surface area (Å²) in [6, 6.07) is 0.227. The maximum Gasteiger partial charge on any atom is 0.230 e. The summed E-state index contributed by atoms with van der Waals surface area (Å²) in [5.74, 6) is -6.41. The maximum atomic E-state index is 13.4. The fourth-order valence-corrected chi connectivity index (χ4v) is 2.19. The molecule has 0 saturated heterocycles. The van der Waals surface area contributed by atoms with Crippen molar-refractivity contribution in [3.63, 3.8) is 0 Å². The van der Waals surface area contributed by atoms with E-state index in [2.05, 4.69) is 20.5 Å². The fraction of sp³-hybridized carbons (Fsp3) is 0.250. The van der Waals surface area contributed by atoms with Gasteiger partial charge in [-0.15, -0.1) is 5.10 Å². The predicted octanol–water partition coefficient (Wildman–Crippen LogP) is 2.08. The summed E-state index contributed by atoms with van der Waals surface area (Å²) in [5, 5.41) is 8.93. The highest BCUT2D eigenvalue weighted by Gasteiger charge is 2.19. The van der Waals surface area contributed by atoms with Crippen molar-refractivity contribution >= 4 is 17.7 Å². The monoisotopic (exact) mass is 334 g/mol. The number of nitrogens with one attached hydrogen (secondary N) is 2. The summed E-state index contributed by atoms with van der Waals surface area (Å²) in [5.41, 5.74) is -0.744. The molecular formula is C12H10F4N4OS. The number of carbonyl (C=O) groups is 1. The smallest absolute Gasteiger partial charge is 0.230 e. The van der Waals surface area contributed by atoms with E-state index < -0.39 is 41.3 Å². The van der Waals surface area contributed by atoms with Crippen LogP contribution in [0.25, 0.3) is 0 Å². The van der Waals surface area contributed by atoms with Crippen LogP contribution in [0.3, 0.4) is 0 Å². The van der Waals surface area contributed by atoms with E-state index in [9.17, 15) is 22.4 Å². The molecule has 0 aliphatic heterocycles. The summed E-state index contributed by atoms with van der Waals surface area (Å²) < 4.78 is 52.5. The third kappa shape index (κ3) is 3.75. The van der Waals surface area contributed by atoms with Crippen LogP contribution in [-0.2, 0) is 11.3 Å². The van der Waals surface area contributed by atoms with Crippen molar-refractivity contribution in [3.8, 4) is 0 Å². The van der Waals surface area contributed by atoms with Crippen molar-refractivity contribution < 1.29 is 22.4 Å². The van der Waals surface area contributed by atoms with Gasteiger partial charge in [0.2, 0.25) is 11.1 Å². The molecule has 1 aromatic carbocycles. The van der Waals surface area contributed by atoms with Crippen molar-refractivity contribution in [1.82, 2.24) is 20.5 Å². The van der Waals surface area contributed by atoms with Crippen LogP contribution in [0.4, 0.5) is 17.6 Å². The maximum absolute atomic E-state index is 13.4. The molecule has 0 saturated carbocycles. The number of rotatable bonds is 5. The Hall–Kier alpha value is -2.10. The normalized spacial score (nSPS) is 10.8. The summed E-state index contributed by atoms with van der Waals surface area (Å²) in [6.45, 7) is 1.09. The van der Waals surface area contributed by atoms with Crippen LogP contribution in [0.15, 0.2) is 11.2 Å². The second-order valence-corrected chi connectivity index (χ2v) is 5.16. The summed E-state index contributed by atoms with van der Waals surface area (Å²) in [4.78, 5) is 15.5. The topological polar surface area (TPSA) is 70.7 Å². The molecule has 1 amide bonds. The Morgan fingerprint density at radius 3 is 2.64 bits per heavy atom. The van der Waals surface area contributed by atoms with Gasteiger partial charge >= 0.3 is 0 Å². The molecule has 0 aliphatic carbocycles. The zero-order chi connectivity index (χ0) is 16.3. The van der Waals surface area contributed by atoms with Crippen LogP contribution in [0, 0.1) is 30.2 Å². The van der Waals surface area contributed by atoms with Gasteiger partial charge in [0, 0.05) is 18.2 Å². The SMILES string of the molecule is Cc1nc(SCC(=O)NCc2c(F)cc(F)c(F)c2F)n[nH]1. The van der Waals surface area contributed by atoms with Crippen LogP contribution in [0.5, 0.6) is 0 Å². The lowest BCUT2D eigenvalue weighted by atomic mass is 10.2. The number of halogens is 4. The average molecular weight is 334 g/mol. The highest BCUT2D eigenvalue weighted by atomic mass is 32.2. The number of aromatic nitrogens is 3. The second kappa shape index (κ2) is 6.77. The molecule has 2 N–H and O–H groups in total. The molecule has 10 heteroatoms. The molecule has 0 aliphatic rings. The number of aryl methyl sites for hydroxylation is 1. The van der Waals surface area contributed by atoms with E-state index in [0.29, 0.717) is 11.0 Å². The highest BCUT2D eigenvalue weighted by Crippen LogP contribution is 2.19. The molecule has 0 fully saturated rings. The average Bonchev–Trinajstić information content (AvgIpc) is 2.88. The lowest BCUT2D eigenvalue weighted by Crippen LogP contribution is -2.26. The Kier molecular flexibility index (Phi) is 5.01. The molecular weight excluding hydrogens is 324 g/mol. The Bertz CT molecular complexity index is 707. The molecule has 0 bridgehead atoms. The van der Waals surface area contributed by atoms with Gasteiger partial charge in [-0.3, -0.25) is 9.89 Å². The molecule has 1 aromatic heterocycles. The lowest BCUT2D eigenvalue weighted by molar-refractivity contribution is -0.118. The minimum absolute atomic E-state index is 0.0930. The molecule has 1 heterocycles. The van der Waals surface area contributed by atoms with Gasteiger partial charge in [-0.2, -0.15) is 0 Å². The molecule has 0 spiro atoms. The zero-order valence-corrected chi connectivity index (χ0v) is 12.0. The van der Waals surface area contributed by atoms with Crippen LogP contribution in [0.1, 0.15) is 11.4 Å². The third-order valence-electron chi connectivity index (χ3n) is 2.58. The van der Waals surface area contributed by atoms with Crippen molar-refractivity contribution in [1.29, 1.82) is 0 Å². The molecule has 0 atom stereocenters. The lowest BCUT2D eigenvalue weighted by Gasteiger charge is -2.08. The van der Waals surface area contributed by atoms with Gasteiger partial charge in [0.1, 0.15) is 11.6 Å². The van der Waals surface area contributed by atoms with E-state index in [1.807, 2.05) is 0 Å². The number of hydrogen-bond donors (Lipinski definition) is 2. The third-order valence-corrected chi connectivity index (χ3v) is 3.43. The number of thioether (sulfide) groups is 1. The Labute approximate surface area is 126 Å². The number of nitrogens with zero attached hydrogens (tertiary/aromatic N) is 2. The molecule has 22 heavy (non-hydrogen) atoms. The predicted molar refractivity (Wildman–Crippen MR) is 70.0 cm³/mol. The minimum atomic E-state index is -1.78. The van der Waals surface area contributed by atoms with E-state index in [1.54, 1.807) is 6.92 Å². The number of benzene rings is 1. The first-order chi connectivity index (χ1) is 10.4. The second-order valence-electron chi connectivity index (χ2n) is 4.22. The van der Waals surface area contributed by atoms with Gasteiger partial charge in [-0.25, -0.2) is 22.5 Å². The number of amides is 1. The van der Waals surface area contributed by atoms with Crippen LogP contribution >= 0.6 is 11.8 Å². The van der Waals surface area contributed by atoms with Crippen molar-refractivity contribution in [2.24, 2.45) is 0 Å². The van der Waals surface area contributed by atoms with Crippen LogP contribution in [-0.4, -0.2) is 26.8 Å². The fourth-order valence-electron chi connectivity index (χ4n) is 1.52. The molecule has 5 nitrogen and oxygen atoms in total. The Morgan fingerprint density at radius 2 is 2.00 bits per heavy atom. The van der Waals surface area contributed by atoms with Crippen molar-refractivity contribution in [3.05, 3.63) is 40.7 Å². The van der Waals surface area contributed by atoms with Gasteiger partial charge in [0.15, 0.2) is 17.5 Å². The molecule has 0 unspecified atom stereocenters. The van der Waals surface area contributed by atoms with E-state index in [1.165, 1.54) is 0 Å². The Morgan fingerprint density at radius 1 is 1.27 bits per heavy atom. The van der Waals surface area contributed by atoms with E-state index in [0.717, 1.165) is 11.8 Å². The summed E-state index contributed by atoms with van der Waals surface area (Å²) in [7, 11) is 0. The van der Waals surface area contributed by atoms with Gasteiger partial charge < -0.3 is 5.32 Å². The summed E-state index contributed by atoms with van der Waals surface area (Å²) in [6.07, 6.45) is 0. The van der Waals surface area contributed by atoms with E-state index in [4.69, 9.17) is 0 Å². The molecule has 0 radical (unpaired) electrons. The van der Waals surface area contributed by atoms with Gasteiger partial charge in [-0.05, 0) is 6.92 Å². The van der Waals surface area contributed by atoms with Crippen molar-refractivity contribution in [2.75, 3.05) is 5.75 Å². The standard InChI is InChI=1S/C12H10F4N4OS/c1-5-18-12(20-19-5)22-4-9(21)17-3-6-7(13)2-8(14)11(16)10(6)15/h2H,3-4H2,1H3,(H,17,21)(H,18,19,20). The number of hydrogen-bond acceptors (Lipinski definition) is 4. The van der Waals surface area contributed by atoms with Crippen LogP contribution < -0.4 is 5.32 Å². The minimum Gasteiger partial charge on any atom is -0.351 e. The van der Waals surface area contributed by atoms with Gasteiger partial charge in [0.25, 0.3) is 0 Å². The largest absolute Gasteiger partial charge is 0.351 e. The Balaban J connectivity index is 1.93. The van der Waals surface area contributed by atoms with E-state index in [-0.39, 0.29) is 11.8 Å². The number of carbonyl (C=O) groups excluding carboxylic acids is 1. The first-order valence-corrected chi connectivity index (χ1v) is 6.97. The van der Waals surface area contributed by atoms with E-state index >= 15 is 0 Å². The zero-order valence-electron chi connectivity index (χ0n) is 11.2. The molecule has 118 valence electrons. The number of H-pyrrole nitrogens is 1. The quantitative estimate of drug-likeness (QED) is 0.380. The van der Waals surface area contributed by atoms with Crippen LogP contribution in [0.2, 0.25) is 0 Å². The highest BCUT2D eigenvalue weighted by molar-refractivity contribution is 7.99. The molecule has 2 aromatic rings. The van der Waals surface area contributed by atoms with Gasteiger partial charge in [0.05, 0.1) is 5.75 Å². The first kappa shape index (κ1) is 16.3. The summed E-state index contributed by atoms with van der Waals surface area (Å²) >= 11 is 1.01. The van der Waals surface area contributed by atoms with Gasteiger partial charge in [-0.1, -0.05) is 11.8 Å².